The molecule has 31 heavy (non-hydrogen) atoms. The van der Waals surface area contributed by atoms with Gasteiger partial charge in [0.1, 0.15) is 5.69 Å². The summed E-state index contributed by atoms with van der Waals surface area (Å²) in [7, 11) is -3.76. The molecule has 8 nitrogen and oxygen atoms in total. The Hall–Kier alpha value is -3.53. The van der Waals surface area contributed by atoms with Gasteiger partial charge in [0.2, 0.25) is 10.0 Å². The Morgan fingerprint density at radius 1 is 1.00 bits per heavy atom. The van der Waals surface area contributed by atoms with E-state index in [4.69, 9.17) is 16.7 Å². The molecule has 1 amide bonds. The minimum absolute atomic E-state index is 0.0136. The highest BCUT2D eigenvalue weighted by Gasteiger charge is 2.11. The number of carbonyl (C=O) groups excluding carboxylic acids is 1. The first-order valence-electron chi connectivity index (χ1n) is 9.02. The Balaban J connectivity index is 1.55. The van der Waals surface area contributed by atoms with Gasteiger partial charge in [-0.15, -0.1) is 5.10 Å². The maximum atomic E-state index is 12.4. The first-order chi connectivity index (χ1) is 14.8. The van der Waals surface area contributed by atoms with Gasteiger partial charge in [-0.2, -0.15) is 0 Å². The fourth-order valence-electron chi connectivity index (χ4n) is 2.90. The molecule has 0 spiro atoms. The second-order valence-corrected chi connectivity index (χ2v) is 8.63. The van der Waals surface area contributed by atoms with E-state index in [9.17, 15) is 13.2 Å². The van der Waals surface area contributed by atoms with Gasteiger partial charge in [0.05, 0.1) is 16.8 Å². The SMILES string of the molecule is NS(=O)(=O)c1ccc(-n2cc(-c3cccc(NC(=O)c4cccc(Cl)c4)c3)nn2)cc1. The highest BCUT2D eigenvalue weighted by atomic mass is 35.5. The van der Waals surface area contributed by atoms with Crippen LogP contribution in [0.15, 0.2) is 83.9 Å². The lowest BCUT2D eigenvalue weighted by Gasteiger charge is -2.07. The van der Waals surface area contributed by atoms with E-state index in [0.717, 1.165) is 5.56 Å². The van der Waals surface area contributed by atoms with Crippen LogP contribution in [0.4, 0.5) is 5.69 Å². The third-order valence-electron chi connectivity index (χ3n) is 4.43. The summed E-state index contributed by atoms with van der Waals surface area (Å²) in [5.41, 5.74) is 2.99. The lowest BCUT2D eigenvalue weighted by Crippen LogP contribution is -2.12. The molecule has 4 aromatic rings. The molecule has 0 saturated carbocycles. The van der Waals surface area contributed by atoms with E-state index in [1.165, 1.54) is 16.8 Å². The summed E-state index contributed by atoms with van der Waals surface area (Å²) in [4.78, 5) is 12.5. The standard InChI is InChI=1S/C21H16ClN5O3S/c22-16-5-1-4-15(11-16)21(28)24-17-6-2-3-14(12-17)20-13-27(26-25-20)18-7-9-19(10-8-18)31(23,29)30/h1-13H,(H,24,28)(H2,23,29,30). The van der Waals surface area contributed by atoms with Crippen molar-refractivity contribution in [1.82, 2.24) is 15.0 Å². The molecule has 0 aliphatic heterocycles. The Morgan fingerprint density at radius 3 is 2.45 bits per heavy atom. The fraction of sp³-hybridized carbons (Fsp3) is 0. The number of primary sulfonamides is 1. The van der Waals surface area contributed by atoms with Crippen molar-refractivity contribution >= 4 is 33.2 Å². The minimum Gasteiger partial charge on any atom is -0.322 e. The van der Waals surface area contributed by atoms with Gasteiger partial charge in [0, 0.05) is 21.8 Å². The molecular weight excluding hydrogens is 438 g/mol. The smallest absolute Gasteiger partial charge is 0.255 e. The Kier molecular flexibility index (Phi) is 5.55. The number of nitrogens with two attached hydrogens (primary N) is 1. The number of hydrogen-bond acceptors (Lipinski definition) is 5. The molecule has 1 aromatic heterocycles. The number of sulfonamides is 1. The molecule has 0 unspecified atom stereocenters. The van der Waals surface area contributed by atoms with Gasteiger partial charge in [0.15, 0.2) is 0 Å². The van der Waals surface area contributed by atoms with Crippen LogP contribution in [0.3, 0.4) is 0 Å². The number of carbonyl (C=O) groups is 1. The molecule has 0 fully saturated rings. The van der Waals surface area contributed by atoms with Gasteiger partial charge in [-0.3, -0.25) is 4.79 Å². The van der Waals surface area contributed by atoms with Crippen molar-refractivity contribution in [3.05, 3.63) is 89.6 Å². The van der Waals surface area contributed by atoms with Crippen LogP contribution in [0.5, 0.6) is 0 Å². The molecule has 3 aromatic carbocycles. The molecule has 1 heterocycles. The highest BCUT2D eigenvalue weighted by Crippen LogP contribution is 2.22. The summed E-state index contributed by atoms with van der Waals surface area (Å²) in [6, 6.07) is 19.8. The molecule has 0 saturated heterocycles. The van der Waals surface area contributed by atoms with Crippen molar-refractivity contribution in [3.63, 3.8) is 0 Å². The molecule has 0 radical (unpaired) electrons. The van der Waals surface area contributed by atoms with Crippen molar-refractivity contribution in [2.45, 2.75) is 4.90 Å². The number of amides is 1. The first kappa shape index (κ1) is 20.7. The maximum absolute atomic E-state index is 12.4. The van der Waals surface area contributed by atoms with Crippen LogP contribution in [0.25, 0.3) is 16.9 Å². The van der Waals surface area contributed by atoms with E-state index in [0.29, 0.717) is 27.7 Å². The summed E-state index contributed by atoms with van der Waals surface area (Å²) in [5, 5.41) is 16.7. The van der Waals surface area contributed by atoms with Gasteiger partial charge in [0.25, 0.3) is 5.91 Å². The van der Waals surface area contributed by atoms with Gasteiger partial charge in [-0.05, 0) is 54.6 Å². The quantitative estimate of drug-likeness (QED) is 0.479. The first-order valence-corrected chi connectivity index (χ1v) is 10.9. The number of nitrogens with one attached hydrogen (secondary N) is 1. The second-order valence-electron chi connectivity index (χ2n) is 6.63. The topological polar surface area (TPSA) is 120 Å². The average Bonchev–Trinajstić information content (AvgIpc) is 3.24. The van der Waals surface area contributed by atoms with Crippen LogP contribution in [0.1, 0.15) is 10.4 Å². The number of nitrogens with zero attached hydrogens (tertiary/aromatic N) is 3. The van der Waals surface area contributed by atoms with Crippen LogP contribution in [0, 0.1) is 0 Å². The lowest BCUT2D eigenvalue weighted by atomic mass is 10.1. The average molecular weight is 454 g/mol. The van der Waals surface area contributed by atoms with E-state index in [-0.39, 0.29) is 10.8 Å². The van der Waals surface area contributed by atoms with Crippen molar-refractivity contribution < 1.29 is 13.2 Å². The number of aromatic nitrogens is 3. The summed E-state index contributed by atoms with van der Waals surface area (Å²) < 4.78 is 24.3. The zero-order chi connectivity index (χ0) is 22.0. The zero-order valence-electron chi connectivity index (χ0n) is 15.9. The minimum atomic E-state index is -3.76. The summed E-state index contributed by atoms with van der Waals surface area (Å²) in [5.74, 6) is -0.279. The molecule has 0 aliphatic carbocycles. The fourth-order valence-corrected chi connectivity index (χ4v) is 3.61. The molecule has 10 heteroatoms. The third kappa shape index (κ3) is 4.80. The molecule has 0 bridgehead atoms. The number of anilines is 1. The van der Waals surface area contributed by atoms with Crippen LogP contribution >= 0.6 is 11.6 Å². The van der Waals surface area contributed by atoms with Gasteiger partial charge in [-0.25, -0.2) is 18.2 Å². The molecule has 0 aliphatic rings. The zero-order valence-corrected chi connectivity index (χ0v) is 17.5. The number of hydrogen-bond donors (Lipinski definition) is 2. The number of rotatable bonds is 5. The van der Waals surface area contributed by atoms with Crippen LogP contribution in [-0.2, 0) is 10.0 Å². The van der Waals surface area contributed by atoms with Crippen LogP contribution in [0.2, 0.25) is 5.02 Å². The Bertz CT molecular complexity index is 1370. The molecule has 3 N–H and O–H groups in total. The van der Waals surface area contributed by atoms with E-state index in [1.54, 1.807) is 60.8 Å². The summed E-state index contributed by atoms with van der Waals surface area (Å²) >= 11 is 5.95. The Labute approximate surface area is 183 Å². The highest BCUT2D eigenvalue weighted by molar-refractivity contribution is 7.89. The van der Waals surface area contributed by atoms with E-state index >= 15 is 0 Å². The number of benzene rings is 3. The number of halogens is 1. The predicted molar refractivity (Wildman–Crippen MR) is 118 cm³/mol. The largest absolute Gasteiger partial charge is 0.322 e. The van der Waals surface area contributed by atoms with Gasteiger partial charge < -0.3 is 5.32 Å². The normalized spacial score (nSPS) is 11.3. The van der Waals surface area contributed by atoms with Gasteiger partial charge >= 0.3 is 0 Å². The van der Waals surface area contributed by atoms with Gasteiger partial charge in [-0.1, -0.05) is 35.0 Å². The monoisotopic (exact) mass is 453 g/mol. The van der Waals surface area contributed by atoms with Crippen molar-refractivity contribution in [2.75, 3.05) is 5.32 Å². The molecule has 0 atom stereocenters. The second kappa shape index (κ2) is 8.31. The van der Waals surface area contributed by atoms with E-state index in [2.05, 4.69) is 15.6 Å². The van der Waals surface area contributed by atoms with Crippen LogP contribution < -0.4 is 10.5 Å². The summed E-state index contributed by atoms with van der Waals surface area (Å²) in [6.45, 7) is 0. The van der Waals surface area contributed by atoms with Crippen LogP contribution in [-0.4, -0.2) is 29.3 Å². The van der Waals surface area contributed by atoms with Crippen molar-refractivity contribution in [3.8, 4) is 16.9 Å². The Morgan fingerprint density at radius 2 is 1.74 bits per heavy atom. The predicted octanol–water partition coefficient (Wildman–Crippen LogP) is 3.49. The molecule has 4 rings (SSSR count). The lowest BCUT2D eigenvalue weighted by molar-refractivity contribution is 0.102. The molecule has 156 valence electrons. The van der Waals surface area contributed by atoms with Crippen molar-refractivity contribution in [1.29, 1.82) is 0 Å². The van der Waals surface area contributed by atoms with E-state index in [1.807, 2.05) is 6.07 Å². The van der Waals surface area contributed by atoms with Crippen molar-refractivity contribution in [2.24, 2.45) is 5.14 Å². The maximum Gasteiger partial charge on any atom is 0.255 e. The summed E-state index contributed by atoms with van der Waals surface area (Å²) in [6.07, 6.45) is 1.70. The van der Waals surface area contributed by atoms with E-state index < -0.39 is 10.0 Å². The third-order valence-corrected chi connectivity index (χ3v) is 5.59. The molecular formula is C21H16ClN5O3S.